The molecule has 3 heteroatoms. The molecule has 2 nitrogen and oxygen atoms in total. The van der Waals surface area contributed by atoms with Crippen molar-refractivity contribution in [3.63, 3.8) is 0 Å². The molecule has 1 aromatic carbocycles. The van der Waals surface area contributed by atoms with Crippen molar-refractivity contribution < 1.29 is 4.74 Å². The summed E-state index contributed by atoms with van der Waals surface area (Å²) in [6.45, 7) is 5.16. The number of halogens is 1. The number of benzene rings is 1. The van der Waals surface area contributed by atoms with Gasteiger partial charge in [-0.25, -0.2) is 0 Å². The lowest BCUT2D eigenvalue weighted by Gasteiger charge is -2.55. The van der Waals surface area contributed by atoms with Crippen LogP contribution < -0.4 is 5.32 Å². The molecular formula is C18H26ClNO. The SMILES string of the molecule is CCOC1CC(N[C@H](C)c2ccccc2Cl)C12CCCC2. The molecule has 1 spiro atoms. The molecule has 2 aliphatic rings. The first-order chi connectivity index (χ1) is 10.2. The molecule has 0 aromatic heterocycles. The molecule has 0 saturated heterocycles. The second kappa shape index (κ2) is 6.28. The third-order valence-corrected chi connectivity index (χ3v) is 5.85. The summed E-state index contributed by atoms with van der Waals surface area (Å²) in [7, 11) is 0. The number of nitrogens with one attached hydrogen (secondary N) is 1. The molecular weight excluding hydrogens is 282 g/mol. The Morgan fingerprint density at radius 1 is 1.33 bits per heavy atom. The first kappa shape index (κ1) is 15.3. The zero-order valence-corrected chi connectivity index (χ0v) is 13.8. The van der Waals surface area contributed by atoms with Gasteiger partial charge < -0.3 is 10.1 Å². The molecule has 2 saturated carbocycles. The van der Waals surface area contributed by atoms with Crippen LogP contribution in [0.3, 0.4) is 0 Å². The van der Waals surface area contributed by atoms with Crippen molar-refractivity contribution in [3.8, 4) is 0 Å². The van der Waals surface area contributed by atoms with Crippen molar-refractivity contribution in [1.29, 1.82) is 0 Å². The molecule has 1 N–H and O–H groups in total. The van der Waals surface area contributed by atoms with Gasteiger partial charge in [-0.1, -0.05) is 42.6 Å². The summed E-state index contributed by atoms with van der Waals surface area (Å²) in [5.74, 6) is 0. The first-order valence-electron chi connectivity index (χ1n) is 8.29. The van der Waals surface area contributed by atoms with Crippen LogP contribution in [0, 0.1) is 5.41 Å². The maximum Gasteiger partial charge on any atom is 0.0661 e. The van der Waals surface area contributed by atoms with Crippen LogP contribution in [0.4, 0.5) is 0 Å². The van der Waals surface area contributed by atoms with Gasteiger partial charge in [0.2, 0.25) is 0 Å². The van der Waals surface area contributed by atoms with Crippen LogP contribution in [0.15, 0.2) is 24.3 Å². The van der Waals surface area contributed by atoms with Gasteiger partial charge in [0.15, 0.2) is 0 Å². The minimum atomic E-state index is 0.295. The van der Waals surface area contributed by atoms with Crippen LogP contribution in [0.1, 0.15) is 57.6 Å². The highest BCUT2D eigenvalue weighted by atomic mass is 35.5. The molecule has 3 rings (SSSR count). The summed E-state index contributed by atoms with van der Waals surface area (Å²) in [5.41, 5.74) is 1.58. The van der Waals surface area contributed by atoms with Crippen molar-refractivity contribution in [3.05, 3.63) is 34.9 Å². The predicted molar refractivity (Wildman–Crippen MR) is 87.7 cm³/mol. The van der Waals surface area contributed by atoms with E-state index in [1.807, 2.05) is 12.1 Å². The summed E-state index contributed by atoms with van der Waals surface area (Å²) >= 11 is 6.33. The molecule has 0 amide bonds. The number of rotatable bonds is 5. The summed E-state index contributed by atoms with van der Waals surface area (Å²) in [4.78, 5) is 0. The van der Waals surface area contributed by atoms with E-state index >= 15 is 0 Å². The standard InChI is InChI=1S/C18H26ClNO/c1-3-21-17-12-16(18(17)10-6-7-11-18)20-13(2)14-8-4-5-9-15(14)19/h4-5,8-9,13,16-17,20H,3,6-7,10-12H2,1-2H3/t13-,16?,17?/m1/s1. The normalized spacial score (nSPS) is 28.5. The minimum Gasteiger partial charge on any atom is -0.378 e. The molecule has 116 valence electrons. The van der Waals surface area contributed by atoms with E-state index in [0.29, 0.717) is 23.6 Å². The lowest BCUT2D eigenvalue weighted by molar-refractivity contribution is -0.132. The summed E-state index contributed by atoms with van der Waals surface area (Å²) in [6, 6.07) is 9.02. The average Bonchev–Trinajstić information content (AvgIpc) is 2.99. The quantitative estimate of drug-likeness (QED) is 0.849. The highest BCUT2D eigenvalue weighted by molar-refractivity contribution is 6.31. The molecule has 2 aliphatic carbocycles. The fraction of sp³-hybridized carbons (Fsp3) is 0.667. The van der Waals surface area contributed by atoms with Crippen LogP contribution in [-0.2, 0) is 4.74 Å². The lowest BCUT2D eigenvalue weighted by Crippen LogP contribution is -2.63. The topological polar surface area (TPSA) is 21.3 Å². The second-order valence-corrected chi connectivity index (χ2v) is 6.99. The van der Waals surface area contributed by atoms with Gasteiger partial charge in [-0.15, -0.1) is 0 Å². The van der Waals surface area contributed by atoms with Gasteiger partial charge in [0, 0.05) is 29.1 Å². The smallest absolute Gasteiger partial charge is 0.0661 e. The van der Waals surface area contributed by atoms with Crippen molar-refractivity contribution in [1.82, 2.24) is 5.32 Å². The largest absolute Gasteiger partial charge is 0.378 e. The highest BCUT2D eigenvalue weighted by Crippen LogP contribution is 2.55. The minimum absolute atomic E-state index is 0.295. The molecule has 21 heavy (non-hydrogen) atoms. The van der Waals surface area contributed by atoms with Gasteiger partial charge >= 0.3 is 0 Å². The molecule has 0 aliphatic heterocycles. The van der Waals surface area contributed by atoms with Crippen molar-refractivity contribution in [2.75, 3.05) is 6.61 Å². The monoisotopic (exact) mass is 307 g/mol. The third kappa shape index (κ3) is 2.74. The van der Waals surface area contributed by atoms with E-state index in [1.54, 1.807) is 0 Å². The Hall–Kier alpha value is -0.570. The van der Waals surface area contributed by atoms with E-state index in [0.717, 1.165) is 18.1 Å². The maximum atomic E-state index is 6.33. The van der Waals surface area contributed by atoms with Crippen molar-refractivity contribution >= 4 is 11.6 Å². The molecule has 3 atom stereocenters. The molecule has 2 unspecified atom stereocenters. The molecule has 0 radical (unpaired) electrons. The van der Waals surface area contributed by atoms with E-state index in [9.17, 15) is 0 Å². The van der Waals surface area contributed by atoms with Gasteiger partial charge in [-0.05, 0) is 44.7 Å². The van der Waals surface area contributed by atoms with Gasteiger partial charge in [0.05, 0.1) is 6.10 Å². The Morgan fingerprint density at radius 3 is 2.71 bits per heavy atom. The Labute approximate surface area is 133 Å². The predicted octanol–water partition coefficient (Wildman–Crippen LogP) is 4.73. The first-order valence-corrected chi connectivity index (χ1v) is 8.67. The van der Waals surface area contributed by atoms with Crippen LogP contribution in [0.2, 0.25) is 5.02 Å². The van der Waals surface area contributed by atoms with Gasteiger partial charge in [0.1, 0.15) is 0 Å². The second-order valence-electron chi connectivity index (χ2n) is 6.58. The van der Waals surface area contributed by atoms with Crippen LogP contribution in [0.25, 0.3) is 0 Å². The number of hydrogen-bond acceptors (Lipinski definition) is 2. The van der Waals surface area contributed by atoms with Gasteiger partial charge in [-0.2, -0.15) is 0 Å². The summed E-state index contributed by atoms with van der Waals surface area (Å²) in [6.07, 6.45) is 6.92. The summed E-state index contributed by atoms with van der Waals surface area (Å²) < 4.78 is 5.99. The Kier molecular flexibility index (Phi) is 4.58. The molecule has 0 heterocycles. The molecule has 2 fully saturated rings. The number of hydrogen-bond donors (Lipinski definition) is 1. The van der Waals surface area contributed by atoms with Crippen LogP contribution >= 0.6 is 11.6 Å². The summed E-state index contributed by atoms with van der Waals surface area (Å²) in [5, 5.41) is 4.69. The Morgan fingerprint density at radius 2 is 2.05 bits per heavy atom. The van der Waals surface area contributed by atoms with Crippen LogP contribution in [-0.4, -0.2) is 18.8 Å². The van der Waals surface area contributed by atoms with Crippen LogP contribution in [0.5, 0.6) is 0 Å². The zero-order valence-electron chi connectivity index (χ0n) is 13.1. The third-order valence-electron chi connectivity index (χ3n) is 5.51. The number of ether oxygens (including phenoxy) is 1. The molecule has 0 bridgehead atoms. The fourth-order valence-corrected chi connectivity index (χ4v) is 4.64. The van der Waals surface area contributed by atoms with E-state index in [1.165, 1.54) is 31.2 Å². The fourth-order valence-electron chi connectivity index (χ4n) is 4.34. The zero-order chi connectivity index (χ0) is 14.9. The van der Waals surface area contributed by atoms with Gasteiger partial charge in [-0.3, -0.25) is 0 Å². The van der Waals surface area contributed by atoms with Crippen molar-refractivity contribution in [2.24, 2.45) is 5.41 Å². The molecule has 1 aromatic rings. The average molecular weight is 308 g/mol. The van der Waals surface area contributed by atoms with E-state index in [4.69, 9.17) is 16.3 Å². The Bertz CT molecular complexity index is 484. The maximum absolute atomic E-state index is 6.33. The van der Waals surface area contributed by atoms with E-state index in [-0.39, 0.29) is 0 Å². The van der Waals surface area contributed by atoms with E-state index < -0.39 is 0 Å². The van der Waals surface area contributed by atoms with E-state index in [2.05, 4.69) is 31.3 Å². The Balaban J connectivity index is 1.69. The van der Waals surface area contributed by atoms with Gasteiger partial charge in [0.25, 0.3) is 0 Å². The lowest BCUT2D eigenvalue weighted by atomic mass is 9.60. The van der Waals surface area contributed by atoms with Crippen molar-refractivity contribution in [2.45, 2.75) is 64.1 Å². The highest BCUT2D eigenvalue weighted by Gasteiger charge is 2.56.